The fraction of sp³-hybridized carbons (Fsp3) is 0.700. The Balaban J connectivity index is 0.00000112. The van der Waals surface area contributed by atoms with E-state index in [1.54, 1.807) is 6.20 Å². The number of hydrogen-bond donors (Lipinski definition) is 2. The smallest absolute Gasteiger partial charge is 0.0492 e. The van der Waals surface area contributed by atoms with Gasteiger partial charge in [0.25, 0.3) is 0 Å². The number of aromatic amines is 1. The molecule has 0 aromatic carbocycles. The highest BCUT2D eigenvalue weighted by molar-refractivity contribution is 5.85. The van der Waals surface area contributed by atoms with Gasteiger partial charge in [-0.15, -0.1) is 12.4 Å². The van der Waals surface area contributed by atoms with Gasteiger partial charge in [0, 0.05) is 31.0 Å². The van der Waals surface area contributed by atoms with Crippen molar-refractivity contribution in [2.45, 2.75) is 31.8 Å². The highest BCUT2D eigenvalue weighted by atomic mass is 35.5. The average Bonchev–Trinajstić information content (AvgIpc) is 2.71. The zero-order chi connectivity index (χ0) is 9.80. The lowest BCUT2D eigenvalue weighted by atomic mass is 10.0. The highest BCUT2D eigenvalue weighted by Gasteiger charge is 2.20. The number of hydrogen-bond acceptors (Lipinski definition) is 3. The number of nitrogens with one attached hydrogen (secondary N) is 1. The quantitative estimate of drug-likeness (QED) is 0.819. The Labute approximate surface area is 96.6 Å². The first-order chi connectivity index (χ1) is 6.90. The summed E-state index contributed by atoms with van der Waals surface area (Å²) in [5, 5.41) is 6.95. The number of likely N-dealkylation sites (tertiary alicyclic amines) is 1. The van der Waals surface area contributed by atoms with E-state index >= 15 is 0 Å². The third kappa shape index (κ3) is 3.19. The van der Waals surface area contributed by atoms with E-state index in [1.807, 2.05) is 6.07 Å². The van der Waals surface area contributed by atoms with Crippen LogP contribution < -0.4 is 5.73 Å². The second-order valence-corrected chi connectivity index (χ2v) is 3.94. The molecule has 0 amide bonds. The van der Waals surface area contributed by atoms with Gasteiger partial charge in [-0.05, 0) is 25.5 Å². The Bertz CT molecular complexity index is 262. The van der Waals surface area contributed by atoms with Crippen molar-refractivity contribution in [1.82, 2.24) is 15.1 Å². The molecule has 0 radical (unpaired) electrons. The summed E-state index contributed by atoms with van der Waals surface area (Å²) in [6.07, 6.45) is 5.66. The molecule has 1 fully saturated rings. The minimum Gasteiger partial charge on any atom is -0.329 e. The van der Waals surface area contributed by atoms with Gasteiger partial charge in [0.1, 0.15) is 0 Å². The van der Waals surface area contributed by atoms with E-state index in [-0.39, 0.29) is 12.4 Å². The maximum Gasteiger partial charge on any atom is 0.0492 e. The zero-order valence-electron chi connectivity index (χ0n) is 8.85. The van der Waals surface area contributed by atoms with Crippen molar-refractivity contribution in [2.75, 3.05) is 13.1 Å². The molecule has 2 heterocycles. The van der Waals surface area contributed by atoms with Crippen LogP contribution in [0.3, 0.4) is 0 Å². The predicted molar refractivity (Wildman–Crippen MR) is 62.9 cm³/mol. The van der Waals surface area contributed by atoms with Gasteiger partial charge in [-0.25, -0.2) is 0 Å². The van der Waals surface area contributed by atoms with Gasteiger partial charge in [0.2, 0.25) is 0 Å². The van der Waals surface area contributed by atoms with Gasteiger partial charge in [-0.3, -0.25) is 10.00 Å². The molecule has 0 saturated carbocycles. The van der Waals surface area contributed by atoms with Crippen LogP contribution in [-0.4, -0.2) is 34.2 Å². The first-order valence-corrected chi connectivity index (χ1v) is 5.32. The van der Waals surface area contributed by atoms with Crippen molar-refractivity contribution in [1.29, 1.82) is 0 Å². The fourth-order valence-corrected chi connectivity index (χ4v) is 2.13. The van der Waals surface area contributed by atoms with Crippen LogP contribution in [0.15, 0.2) is 12.3 Å². The molecule has 3 N–H and O–H groups in total. The van der Waals surface area contributed by atoms with Crippen molar-refractivity contribution in [3.63, 3.8) is 0 Å². The van der Waals surface area contributed by atoms with E-state index in [4.69, 9.17) is 5.73 Å². The molecule has 0 spiro atoms. The van der Waals surface area contributed by atoms with Crippen molar-refractivity contribution < 1.29 is 0 Å². The summed E-state index contributed by atoms with van der Waals surface area (Å²) < 4.78 is 0. The van der Waals surface area contributed by atoms with E-state index in [0.29, 0.717) is 6.04 Å². The molecule has 1 aliphatic heterocycles. The first-order valence-electron chi connectivity index (χ1n) is 5.32. The third-order valence-corrected chi connectivity index (χ3v) is 2.95. The molecule has 0 aliphatic carbocycles. The van der Waals surface area contributed by atoms with E-state index < -0.39 is 0 Å². The molecule has 1 saturated heterocycles. The minimum atomic E-state index is 0. The van der Waals surface area contributed by atoms with Gasteiger partial charge in [-0.2, -0.15) is 5.10 Å². The normalized spacial score (nSPS) is 22.3. The largest absolute Gasteiger partial charge is 0.329 e. The maximum absolute atomic E-state index is 5.76. The summed E-state index contributed by atoms with van der Waals surface area (Å²) in [5.41, 5.74) is 6.94. The standard InChI is InChI=1S/C10H18N4.ClH/c11-7-10-3-1-2-6-14(10)8-9-4-5-12-13-9;/h4-5,10H,1-3,6-8,11H2,(H,12,13);1H. The SMILES string of the molecule is Cl.NCC1CCCCN1Cc1ccn[nH]1. The molecular weight excluding hydrogens is 212 g/mol. The third-order valence-electron chi connectivity index (χ3n) is 2.95. The van der Waals surface area contributed by atoms with Crippen LogP contribution in [0.1, 0.15) is 25.0 Å². The Hall–Kier alpha value is -0.580. The Morgan fingerprint density at radius 1 is 1.53 bits per heavy atom. The number of nitrogens with zero attached hydrogens (tertiary/aromatic N) is 2. The Morgan fingerprint density at radius 2 is 2.40 bits per heavy atom. The topological polar surface area (TPSA) is 57.9 Å². The second-order valence-electron chi connectivity index (χ2n) is 3.94. The molecule has 86 valence electrons. The summed E-state index contributed by atoms with van der Waals surface area (Å²) in [5.74, 6) is 0. The number of nitrogens with two attached hydrogens (primary N) is 1. The average molecular weight is 231 g/mol. The molecule has 1 atom stereocenters. The summed E-state index contributed by atoms with van der Waals surface area (Å²) in [7, 11) is 0. The van der Waals surface area contributed by atoms with Crippen molar-refractivity contribution in [3.8, 4) is 0 Å². The lowest BCUT2D eigenvalue weighted by Gasteiger charge is -2.34. The summed E-state index contributed by atoms with van der Waals surface area (Å²) >= 11 is 0. The van der Waals surface area contributed by atoms with Crippen LogP contribution in [0.5, 0.6) is 0 Å². The Kier molecular flexibility index (Phi) is 5.08. The van der Waals surface area contributed by atoms with E-state index in [2.05, 4.69) is 15.1 Å². The van der Waals surface area contributed by atoms with Crippen molar-refractivity contribution in [2.24, 2.45) is 5.73 Å². The van der Waals surface area contributed by atoms with Gasteiger partial charge in [-0.1, -0.05) is 6.42 Å². The van der Waals surface area contributed by atoms with Crippen LogP contribution >= 0.6 is 12.4 Å². The lowest BCUT2D eigenvalue weighted by molar-refractivity contribution is 0.143. The van der Waals surface area contributed by atoms with Crippen LogP contribution in [0, 0.1) is 0 Å². The van der Waals surface area contributed by atoms with Crippen molar-refractivity contribution >= 4 is 12.4 Å². The maximum atomic E-state index is 5.76. The number of piperidine rings is 1. The van der Waals surface area contributed by atoms with E-state index in [0.717, 1.165) is 13.1 Å². The van der Waals surface area contributed by atoms with E-state index in [1.165, 1.54) is 31.5 Å². The van der Waals surface area contributed by atoms with Crippen LogP contribution in [0.25, 0.3) is 0 Å². The van der Waals surface area contributed by atoms with Gasteiger partial charge < -0.3 is 5.73 Å². The van der Waals surface area contributed by atoms with Crippen LogP contribution in [-0.2, 0) is 6.54 Å². The molecule has 1 unspecified atom stereocenters. The molecule has 1 aromatic rings. The Morgan fingerprint density at radius 3 is 3.07 bits per heavy atom. The van der Waals surface area contributed by atoms with Crippen LogP contribution in [0.4, 0.5) is 0 Å². The van der Waals surface area contributed by atoms with Crippen molar-refractivity contribution in [3.05, 3.63) is 18.0 Å². The number of rotatable bonds is 3. The molecular formula is C10H19ClN4. The molecule has 4 nitrogen and oxygen atoms in total. The molecule has 5 heteroatoms. The molecule has 1 aliphatic rings. The van der Waals surface area contributed by atoms with E-state index in [9.17, 15) is 0 Å². The molecule has 0 bridgehead atoms. The summed E-state index contributed by atoms with van der Waals surface area (Å²) in [4.78, 5) is 2.46. The zero-order valence-corrected chi connectivity index (χ0v) is 9.67. The summed E-state index contributed by atoms with van der Waals surface area (Å²) in [6.45, 7) is 2.90. The van der Waals surface area contributed by atoms with Gasteiger partial charge >= 0.3 is 0 Å². The fourth-order valence-electron chi connectivity index (χ4n) is 2.13. The monoisotopic (exact) mass is 230 g/mol. The predicted octanol–water partition coefficient (Wildman–Crippen LogP) is 1.14. The van der Waals surface area contributed by atoms with Crippen LogP contribution in [0.2, 0.25) is 0 Å². The summed E-state index contributed by atoms with van der Waals surface area (Å²) in [6, 6.07) is 2.59. The van der Waals surface area contributed by atoms with Gasteiger partial charge in [0.05, 0.1) is 0 Å². The number of aromatic nitrogens is 2. The molecule has 15 heavy (non-hydrogen) atoms. The highest BCUT2D eigenvalue weighted by Crippen LogP contribution is 2.17. The molecule has 2 rings (SSSR count). The first kappa shape index (κ1) is 12.5. The number of halogens is 1. The lowest BCUT2D eigenvalue weighted by Crippen LogP contribution is -2.43. The van der Waals surface area contributed by atoms with Gasteiger partial charge in [0.15, 0.2) is 0 Å². The minimum absolute atomic E-state index is 0. The number of H-pyrrole nitrogens is 1. The second kappa shape index (κ2) is 6.10. The molecule has 1 aromatic heterocycles.